The number of rotatable bonds is 5. The molecular formula is C45H31N. The van der Waals surface area contributed by atoms with E-state index in [2.05, 4.69) is 193 Å². The van der Waals surface area contributed by atoms with Crippen LogP contribution in [0.5, 0.6) is 0 Å². The lowest BCUT2D eigenvalue weighted by Gasteiger charge is -2.34. The van der Waals surface area contributed by atoms with Crippen molar-refractivity contribution < 1.29 is 0 Å². The van der Waals surface area contributed by atoms with Gasteiger partial charge in [0.05, 0.1) is 11.1 Å². The van der Waals surface area contributed by atoms with Crippen molar-refractivity contribution in [1.82, 2.24) is 0 Å². The Labute approximate surface area is 269 Å². The second kappa shape index (κ2) is 10.6. The minimum absolute atomic E-state index is 0.428. The Morgan fingerprint density at radius 3 is 1.46 bits per heavy atom. The molecule has 8 aromatic rings. The fourth-order valence-corrected chi connectivity index (χ4v) is 7.79. The van der Waals surface area contributed by atoms with Crippen molar-refractivity contribution in [2.24, 2.45) is 0 Å². The summed E-state index contributed by atoms with van der Waals surface area (Å²) in [5.74, 6) is 0. The van der Waals surface area contributed by atoms with Gasteiger partial charge in [-0.05, 0) is 92.0 Å². The molecule has 0 heterocycles. The average Bonchev–Trinajstić information content (AvgIpc) is 3.43. The summed E-state index contributed by atoms with van der Waals surface area (Å²) in [6.45, 7) is 0. The van der Waals surface area contributed by atoms with E-state index in [9.17, 15) is 0 Å². The third kappa shape index (κ3) is 3.89. The first-order valence-corrected chi connectivity index (χ1v) is 16.0. The maximum atomic E-state index is 2.49. The number of nitrogens with zero attached hydrogens (tertiary/aromatic N) is 1. The summed E-state index contributed by atoms with van der Waals surface area (Å²) < 4.78 is 0. The van der Waals surface area contributed by atoms with Gasteiger partial charge in [0, 0.05) is 16.8 Å². The zero-order valence-corrected chi connectivity index (χ0v) is 25.3. The van der Waals surface area contributed by atoms with Crippen molar-refractivity contribution in [3.63, 3.8) is 0 Å². The van der Waals surface area contributed by atoms with Gasteiger partial charge in [-0.15, -0.1) is 0 Å². The highest BCUT2D eigenvalue weighted by Gasteiger charge is 2.46. The molecule has 1 aliphatic rings. The topological polar surface area (TPSA) is 3.24 Å². The van der Waals surface area contributed by atoms with Crippen molar-refractivity contribution in [3.05, 3.63) is 210 Å². The van der Waals surface area contributed by atoms with Gasteiger partial charge in [0.2, 0.25) is 0 Å². The smallest absolute Gasteiger partial charge is 0.0713 e. The Hall–Kier alpha value is -5.92. The monoisotopic (exact) mass is 585 g/mol. The maximum Gasteiger partial charge on any atom is 0.0713 e. The highest BCUT2D eigenvalue weighted by molar-refractivity contribution is 6.16. The third-order valence-electron chi connectivity index (χ3n) is 9.68. The lowest BCUT2D eigenvalue weighted by atomic mass is 9.67. The first-order chi connectivity index (χ1) is 22.8. The van der Waals surface area contributed by atoms with Crippen molar-refractivity contribution >= 4 is 38.6 Å². The summed E-state index contributed by atoms with van der Waals surface area (Å²) in [5.41, 5.74) is 10.8. The lowest BCUT2D eigenvalue weighted by Crippen LogP contribution is -2.28. The largest absolute Gasteiger partial charge is 0.310 e. The number of hydrogen-bond acceptors (Lipinski definition) is 1. The fraction of sp³-hybridized carbons (Fsp3) is 0.0222. The van der Waals surface area contributed by atoms with E-state index < -0.39 is 5.41 Å². The molecule has 0 aliphatic heterocycles. The number of fused-ring (bicyclic) bond motifs is 6. The normalized spacial score (nSPS) is 13.0. The maximum absolute atomic E-state index is 2.49. The van der Waals surface area contributed by atoms with Crippen molar-refractivity contribution in [1.29, 1.82) is 0 Å². The lowest BCUT2D eigenvalue weighted by molar-refractivity contribution is 0.769. The van der Waals surface area contributed by atoms with E-state index in [1.807, 2.05) is 0 Å². The molecule has 216 valence electrons. The number of hydrogen-bond donors (Lipinski definition) is 0. The summed E-state index contributed by atoms with van der Waals surface area (Å²) in [6.07, 6.45) is 0. The first-order valence-electron chi connectivity index (χ1n) is 16.0. The van der Waals surface area contributed by atoms with Gasteiger partial charge >= 0.3 is 0 Å². The van der Waals surface area contributed by atoms with Crippen LogP contribution in [0.4, 0.5) is 17.1 Å². The predicted octanol–water partition coefficient (Wildman–Crippen LogP) is 11.8. The Balaban J connectivity index is 1.40. The van der Waals surface area contributed by atoms with Gasteiger partial charge in [-0.2, -0.15) is 0 Å². The van der Waals surface area contributed by atoms with E-state index in [0.717, 1.165) is 11.4 Å². The molecule has 0 saturated carbocycles. The van der Waals surface area contributed by atoms with E-state index in [-0.39, 0.29) is 0 Å². The minimum atomic E-state index is -0.428. The van der Waals surface area contributed by atoms with Crippen molar-refractivity contribution in [2.75, 3.05) is 4.90 Å². The van der Waals surface area contributed by atoms with Gasteiger partial charge in [0.25, 0.3) is 0 Å². The summed E-state index contributed by atoms with van der Waals surface area (Å²) in [5, 5.41) is 4.98. The Morgan fingerprint density at radius 1 is 0.348 bits per heavy atom. The molecule has 1 heteroatoms. The Bertz CT molecular complexity index is 2260. The van der Waals surface area contributed by atoms with Crippen LogP contribution in [0.2, 0.25) is 0 Å². The molecule has 0 fully saturated rings. The molecule has 0 unspecified atom stereocenters. The predicted molar refractivity (Wildman–Crippen MR) is 193 cm³/mol. The number of para-hydroxylation sites is 2. The molecule has 0 atom stereocenters. The van der Waals surface area contributed by atoms with Gasteiger partial charge in [0.1, 0.15) is 0 Å². The summed E-state index contributed by atoms with van der Waals surface area (Å²) >= 11 is 0. The molecule has 0 radical (unpaired) electrons. The van der Waals surface area contributed by atoms with Crippen LogP contribution in [-0.4, -0.2) is 0 Å². The van der Waals surface area contributed by atoms with E-state index in [4.69, 9.17) is 0 Å². The first kappa shape index (κ1) is 26.5. The van der Waals surface area contributed by atoms with Crippen LogP contribution < -0.4 is 4.90 Å². The number of anilines is 3. The van der Waals surface area contributed by atoms with Gasteiger partial charge < -0.3 is 4.90 Å². The van der Waals surface area contributed by atoms with E-state index in [1.54, 1.807) is 0 Å². The fourth-order valence-electron chi connectivity index (χ4n) is 7.79. The molecule has 0 amide bonds. The average molecular weight is 586 g/mol. The molecule has 8 aromatic carbocycles. The quantitative estimate of drug-likeness (QED) is 0.182. The standard InChI is InChI=1S/C45H31N/c1-5-17-33(18-6-1)45(34-19-7-2-8-20-34)42-28-16-15-26-38(42)41-29-32-30-44(39-27-14-13-25-37(39)40(32)31-43(41)45)46(35-21-9-3-10-22-35)36-23-11-4-12-24-36/h1-31H. The van der Waals surface area contributed by atoms with Gasteiger partial charge in [-0.3, -0.25) is 0 Å². The van der Waals surface area contributed by atoms with Crippen LogP contribution in [0.25, 0.3) is 32.7 Å². The molecule has 9 rings (SSSR count). The minimum Gasteiger partial charge on any atom is -0.310 e. The van der Waals surface area contributed by atoms with E-state index in [1.165, 1.54) is 60.6 Å². The summed E-state index contributed by atoms with van der Waals surface area (Å²) in [4.78, 5) is 2.39. The van der Waals surface area contributed by atoms with Crippen molar-refractivity contribution in [3.8, 4) is 11.1 Å². The van der Waals surface area contributed by atoms with Crippen LogP contribution in [0.15, 0.2) is 188 Å². The van der Waals surface area contributed by atoms with Crippen LogP contribution in [0, 0.1) is 0 Å². The second-order valence-electron chi connectivity index (χ2n) is 12.1. The van der Waals surface area contributed by atoms with Gasteiger partial charge in [-0.25, -0.2) is 0 Å². The van der Waals surface area contributed by atoms with E-state index >= 15 is 0 Å². The molecule has 0 bridgehead atoms. The zero-order chi connectivity index (χ0) is 30.5. The molecule has 1 aliphatic carbocycles. The van der Waals surface area contributed by atoms with Gasteiger partial charge in [-0.1, -0.05) is 146 Å². The number of benzene rings is 8. The summed E-state index contributed by atoms with van der Waals surface area (Å²) in [7, 11) is 0. The zero-order valence-electron chi connectivity index (χ0n) is 25.3. The molecule has 46 heavy (non-hydrogen) atoms. The highest BCUT2D eigenvalue weighted by Crippen LogP contribution is 2.57. The Kier molecular flexibility index (Phi) is 6.11. The molecule has 0 N–H and O–H groups in total. The van der Waals surface area contributed by atoms with Crippen LogP contribution >= 0.6 is 0 Å². The van der Waals surface area contributed by atoms with Crippen LogP contribution in [0.3, 0.4) is 0 Å². The summed E-state index contributed by atoms with van der Waals surface area (Å²) in [6, 6.07) is 68.7. The third-order valence-corrected chi connectivity index (χ3v) is 9.68. The van der Waals surface area contributed by atoms with E-state index in [0.29, 0.717) is 0 Å². The second-order valence-corrected chi connectivity index (χ2v) is 12.1. The molecule has 0 aromatic heterocycles. The molecular weight excluding hydrogens is 555 g/mol. The Morgan fingerprint density at radius 2 is 0.848 bits per heavy atom. The SMILES string of the molecule is c1ccc(N(c2ccccc2)c2cc3cc4c(cc3c3ccccc23)C(c2ccccc2)(c2ccccc2)c2ccccc2-4)cc1. The van der Waals surface area contributed by atoms with Crippen LogP contribution in [-0.2, 0) is 5.41 Å². The van der Waals surface area contributed by atoms with Crippen LogP contribution in [0.1, 0.15) is 22.3 Å². The highest BCUT2D eigenvalue weighted by atomic mass is 15.1. The molecule has 0 spiro atoms. The van der Waals surface area contributed by atoms with Crippen molar-refractivity contribution in [2.45, 2.75) is 5.41 Å². The van der Waals surface area contributed by atoms with Gasteiger partial charge in [0.15, 0.2) is 0 Å². The molecule has 0 saturated heterocycles. The molecule has 1 nitrogen and oxygen atoms in total.